The van der Waals surface area contributed by atoms with Gasteiger partial charge in [-0.05, 0) is 140 Å². The molecule has 0 aliphatic heterocycles. The smallest absolute Gasteiger partial charge is 0.246 e. The average molecular weight is 732 g/mol. The first kappa shape index (κ1) is 36.2. The fourth-order valence-corrected chi connectivity index (χ4v) is 5.62. The first-order chi connectivity index (χ1) is 26.8. The van der Waals surface area contributed by atoms with Crippen LogP contribution in [0.1, 0.15) is 33.6 Å². The molecular formula is C43H38FN9O2. The second kappa shape index (κ2) is 16.6. The number of ether oxygens (including phenoxy) is 2. The van der Waals surface area contributed by atoms with Crippen LogP contribution in [0.3, 0.4) is 0 Å². The van der Waals surface area contributed by atoms with Gasteiger partial charge in [-0.1, -0.05) is 18.2 Å². The van der Waals surface area contributed by atoms with Crippen LogP contribution >= 0.6 is 0 Å². The number of aromatic amines is 2. The highest BCUT2D eigenvalue weighted by Crippen LogP contribution is 2.28. The number of pyridine rings is 2. The van der Waals surface area contributed by atoms with Gasteiger partial charge >= 0.3 is 0 Å². The van der Waals surface area contributed by atoms with E-state index in [9.17, 15) is 4.39 Å². The van der Waals surface area contributed by atoms with Crippen molar-refractivity contribution in [2.75, 3.05) is 5.32 Å². The van der Waals surface area contributed by atoms with Crippen molar-refractivity contribution in [3.8, 4) is 45.8 Å². The molecule has 0 amide bonds. The second-order valence-electron chi connectivity index (χ2n) is 12.7. The van der Waals surface area contributed by atoms with E-state index in [1.54, 1.807) is 49.9 Å². The minimum atomic E-state index is -0.229. The molecule has 0 saturated heterocycles. The lowest BCUT2D eigenvalue weighted by Crippen LogP contribution is -1.98. The van der Waals surface area contributed by atoms with Gasteiger partial charge in [-0.25, -0.2) is 9.37 Å². The maximum atomic E-state index is 13.6. The summed E-state index contributed by atoms with van der Waals surface area (Å²) < 4.78 is 25.2. The molecule has 8 rings (SSSR count). The molecule has 0 unspecified atom stereocenters. The maximum absolute atomic E-state index is 13.6. The summed E-state index contributed by atoms with van der Waals surface area (Å²) in [6, 6.07) is 31.9. The number of halogens is 1. The summed E-state index contributed by atoms with van der Waals surface area (Å²) in [6.07, 6.45) is 7.50. The number of anilines is 2. The number of hydrogen-bond acceptors (Lipinski definition) is 9. The van der Waals surface area contributed by atoms with E-state index < -0.39 is 0 Å². The molecule has 0 aliphatic carbocycles. The van der Waals surface area contributed by atoms with Crippen LogP contribution in [-0.2, 0) is 6.42 Å². The van der Waals surface area contributed by atoms with Gasteiger partial charge < -0.3 is 14.8 Å². The van der Waals surface area contributed by atoms with Crippen LogP contribution in [0.15, 0.2) is 128 Å². The monoisotopic (exact) mass is 731 g/mol. The third kappa shape index (κ3) is 9.06. The Morgan fingerprint density at radius 2 is 1.18 bits per heavy atom. The highest BCUT2D eigenvalue weighted by molar-refractivity contribution is 5.63. The van der Waals surface area contributed by atoms with Gasteiger partial charge in [0.25, 0.3) is 0 Å². The van der Waals surface area contributed by atoms with Gasteiger partial charge in [0.05, 0.1) is 0 Å². The lowest BCUT2D eigenvalue weighted by molar-refractivity contribution is 0.481. The van der Waals surface area contributed by atoms with Crippen molar-refractivity contribution in [2.45, 2.75) is 34.1 Å². The van der Waals surface area contributed by atoms with E-state index >= 15 is 0 Å². The molecule has 0 spiro atoms. The maximum Gasteiger partial charge on any atom is 0.246 e. The Morgan fingerprint density at radius 1 is 0.582 bits per heavy atom. The van der Waals surface area contributed by atoms with Gasteiger partial charge in [-0.2, -0.15) is 10.1 Å². The molecule has 0 fully saturated rings. The fourth-order valence-electron chi connectivity index (χ4n) is 5.62. The largest absolute Gasteiger partial charge is 0.457 e. The predicted molar refractivity (Wildman–Crippen MR) is 210 cm³/mol. The summed E-state index contributed by atoms with van der Waals surface area (Å²) in [7, 11) is 0. The molecule has 0 bridgehead atoms. The first-order valence-electron chi connectivity index (χ1n) is 17.6. The Morgan fingerprint density at radius 3 is 1.82 bits per heavy atom. The standard InChI is InChI=1S/C22H20N4O.C21H18FN5O/c1-15-4-3-5-18(16(15)2)14-21-24-22(26-25-21)17-6-8-19(9-7-17)27-20-10-12-23-13-11-20;1-13-14(2)19(8-7-18(13)22)24-21-25-20(26-27-21)15-3-5-16(6-4-15)28-17-9-11-23-12-10-17/h3-13H,14H2,1-2H3,(H,24,25,26);3-12H,1-2H3,(H2,24,25,26,27). The Bertz CT molecular complexity index is 2490. The Kier molecular flexibility index (Phi) is 10.9. The SMILES string of the molecule is Cc1c(F)ccc(Nc2n[nH]c(-c3ccc(Oc4ccncc4)cc3)n2)c1C.Cc1cccc(Cc2nc(-c3ccc(Oc4ccncc4)cc3)n[nH]2)c1C. The molecule has 0 radical (unpaired) electrons. The highest BCUT2D eigenvalue weighted by Gasteiger charge is 2.12. The minimum absolute atomic E-state index is 0.229. The average Bonchev–Trinajstić information content (AvgIpc) is 3.89. The predicted octanol–water partition coefficient (Wildman–Crippen LogP) is 10.0. The summed E-state index contributed by atoms with van der Waals surface area (Å²) in [6.45, 7) is 7.87. The molecule has 0 atom stereocenters. The minimum Gasteiger partial charge on any atom is -0.457 e. The molecule has 4 heterocycles. The molecule has 4 aromatic heterocycles. The summed E-state index contributed by atoms with van der Waals surface area (Å²) in [4.78, 5) is 17.1. The lowest BCUT2D eigenvalue weighted by Gasteiger charge is -2.09. The topological polar surface area (TPSA) is 139 Å². The molecule has 11 nitrogen and oxygen atoms in total. The zero-order valence-electron chi connectivity index (χ0n) is 30.7. The van der Waals surface area contributed by atoms with E-state index in [4.69, 9.17) is 9.47 Å². The molecule has 0 aliphatic rings. The molecule has 3 N–H and O–H groups in total. The highest BCUT2D eigenvalue weighted by atomic mass is 19.1. The van der Waals surface area contributed by atoms with Crippen molar-refractivity contribution in [3.05, 3.63) is 167 Å². The molecule has 0 saturated carbocycles. The van der Waals surface area contributed by atoms with Crippen LogP contribution in [-0.4, -0.2) is 40.3 Å². The Labute approximate surface area is 317 Å². The summed E-state index contributed by atoms with van der Waals surface area (Å²) in [5.41, 5.74) is 7.86. The Balaban J connectivity index is 0.000000169. The summed E-state index contributed by atoms with van der Waals surface area (Å²) in [5.74, 6) is 5.30. The van der Waals surface area contributed by atoms with Crippen molar-refractivity contribution in [3.63, 3.8) is 0 Å². The number of aryl methyl sites for hydroxylation is 1. The van der Waals surface area contributed by atoms with Crippen LogP contribution in [0.5, 0.6) is 23.0 Å². The molecule has 55 heavy (non-hydrogen) atoms. The van der Waals surface area contributed by atoms with Crippen molar-refractivity contribution >= 4 is 11.6 Å². The third-order valence-corrected chi connectivity index (χ3v) is 9.07. The third-order valence-electron chi connectivity index (χ3n) is 9.07. The first-order valence-corrected chi connectivity index (χ1v) is 17.6. The fraction of sp³-hybridized carbons (Fsp3) is 0.116. The number of nitrogens with zero attached hydrogens (tertiary/aromatic N) is 6. The van der Waals surface area contributed by atoms with Crippen molar-refractivity contribution in [1.29, 1.82) is 0 Å². The Hall–Kier alpha value is -7.21. The van der Waals surface area contributed by atoms with Crippen LogP contribution < -0.4 is 14.8 Å². The number of benzene rings is 4. The number of rotatable bonds is 10. The zero-order chi connectivity index (χ0) is 38.1. The van der Waals surface area contributed by atoms with Gasteiger partial charge in [-0.15, -0.1) is 5.10 Å². The van der Waals surface area contributed by atoms with E-state index in [0.29, 0.717) is 28.9 Å². The number of hydrogen-bond donors (Lipinski definition) is 3. The van der Waals surface area contributed by atoms with Crippen LogP contribution in [0.25, 0.3) is 22.8 Å². The van der Waals surface area contributed by atoms with E-state index in [0.717, 1.165) is 51.9 Å². The van der Waals surface area contributed by atoms with Gasteiger partial charge in [0.15, 0.2) is 11.6 Å². The lowest BCUT2D eigenvalue weighted by atomic mass is 10.0. The van der Waals surface area contributed by atoms with E-state index in [1.165, 1.54) is 22.8 Å². The van der Waals surface area contributed by atoms with E-state index in [-0.39, 0.29) is 5.82 Å². The zero-order valence-corrected chi connectivity index (χ0v) is 30.7. The molecule has 274 valence electrons. The van der Waals surface area contributed by atoms with Crippen molar-refractivity contribution in [1.82, 2.24) is 40.3 Å². The van der Waals surface area contributed by atoms with Crippen molar-refractivity contribution in [2.24, 2.45) is 0 Å². The second-order valence-corrected chi connectivity index (χ2v) is 12.7. The van der Waals surface area contributed by atoms with Crippen LogP contribution in [0, 0.1) is 33.5 Å². The van der Waals surface area contributed by atoms with Gasteiger partial charge in [0.2, 0.25) is 5.95 Å². The van der Waals surface area contributed by atoms with Gasteiger partial charge in [0, 0.05) is 48.0 Å². The van der Waals surface area contributed by atoms with Crippen LogP contribution in [0.2, 0.25) is 0 Å². The normalized spacial score (nSPS) is 10.7. The number of aromatic nitrogens is 8. The molecule has 12 heteroatoms. The van der Waals surface area contributed by atoms with Gasteiger partial charge in [0.1, 0.15) is 34.6 Å². The summed E-state index contributed by atoms with van der Waals surface area (Å²) >= 11 is 0. The molecule has 4 aromatic carbocycles. The number of H-pyrrole nitrogens is 2. The number of nitrogens with one attached hydrogen (secondary N) is 3. The molecule has 8 aromatic rings. The quantitative estimate of drug-likeness (QED) is 0.125. The van der Waals surface area contributed by atoms with Gasteiger partial charge in [-0.3, -0.25) is 20.2 Å². The van der Waals surface area contributed by atoms with Crippen LogP contribution in [0.4, 0.5) is 16.0 Å². The van der Waals surface area contributed by atoms with E-state index in [1.807, 2.05) is 67.6 Å². The summed E-state index contributed by atoms with van der Waals surface area (Å²) in [5, 5.41) is 17.6. The van der Waals surface area contributed by atoms with Crippen molar-refractivity contribution < 1.29 is 13.9 Å². The van der Waals surface area contributed by atoms with E-state index in [2.05, 4.69) is 77.7 Å². The molecular weight excluding hydrogens is 694 g/mol.